The number of carbonyl (C=O) groups is 4. The van der Waals surface area contributed by atoms with Gasteiger partial charge in [-0.25, -0.2) is 18.4 Å². The number of likely N-dealkylation sites (tertiary alicyclic amines) is 1. The third kappa shape index (κ3) is 8.70. The molecule has 2 aliphatic heterocycles. The van der Waals surface area contributed by atoms with E-state index in [0.717, 1.165) is 4.90 Å². The zero-order valence-electron chi connectivity index (χ0n) is 26.5. The van der Waals surface area contributed by atoms with E-state index >= 15 is 0 Å². The standard InChI is InChI=1S/C33H43F2N5O5/c1-21(2)25-12-11-23(17-26(25)35)29(22-9-7-6-8-10-22)37-30(42)27-18-24(34)20-40(27)28(41)19-36-31(43)38-13-15-39(16-14-38)32(44)45-33(3,4)5/h6-12,17,21,24,27,29H,13-16,18-20H2,1-5H3,(H,36,43)(H,37,42)/t24-,27+,29+/m1/s1. The Morgan fingerprint density at radius 3 is 2.20 bits per heavy atom. The van der Waals surface area contributed by atoms with E-state index in [2.05, 4.69) is 10.6 Å². The highest BCUT2D eigenvalue weighted by atomic mass is 19.1. The van der Waals surface area contributed by atoms with E-state index in [1.807, 2.05) is 19.9 Å². The first-order chi connectivity index (χ1) is 21.2. The van der Waals surface area contributed by atoms with Crippen LogP contribution in [0.2, 0.25) is 0 Å². The smallest absolute Gasteiger partial charge is 0.410 e. The highest BCUT2D eigenvalue weighted by molar-refractivity contribution is 5.91. The molecule has 2 fully saturated rings. The van der Waals surface area contributed by atoms with Gasteiger partial charge in [-0.05, 0) is 49.4 Å². The number of hydrogen-bond donors (Lipinski definition) is 2. The predicted octanol–water partition coefficient (Wildman–Crippen LogP) is 4.36. The lowest BCUT2D eigenvalue weighted by Crippen LogP contribution is -2.55. The second-order valence-electron chi connectivity index (χ2n) is 12.8. The molecule has 2 heterocycles. The molecule has 3 atom stereocenters. The van der Waals surface area contributed by atoms with E-state index in [4.69, 9.17) is 4.74 Å². The van der Waals surface area contributed by atoms with Crippen LogP contribution in [0.3, 0.4) is 0 Å². The van der Waals surface area contributed by atoms with Gasteiger partial charge in [-0.15, -0.1) is 0 Å². The lowest BCUT2D eigenvalue weighted by molar-refractivity contribution is -0.137. The van der Waals surface area contributed by atoms with Gasteiger partial charge in [0, 0.05) is 32.6 Å². The van der Waals surface area contributed by atoms with E-state index in [0.29, 0.717) is 16.7 Å². The molecule has 2 N–H and O–H groups in total. The number of hydrogen-bond acceptors (Lipinski definition) is 5. The molecule has 0 radical (unpaired) electrons. The van der Waals surface area contributed by atoms with Crippen molar-refractivity contribution in [2.75, 3.05) is 39.3 Å². The highest BCUT2D eigenvalue weighted by Crippen LogP contribution is 2.28. The van der Waals surface area contributed by atoms with Crippen LogP contribution in [0.1, 0.15) is 69.7 Å². The molecule has 0 aromatic heterocycles. The molecule has 2 aromatic carbocycles. The minimum absolute atomic E-state index is 0.0225. The third-order valence-corrected chi connectivity index (χ3v) is 7.88. The Morgan fingerprint density at radius 2 is 1.60 bits per heavy atom. The minimum atomic E-state index is -1.42. The Bertz CT molecular complexity index is 1380. The largest absolute Gasteiger partial charge is 0.444 e. The summed E-state index contributed by atoms with van der Waals surface area (Å²) in [6.07, 6.45) is -2.07. The summed E-state index contributed by atoms with van der Waals surface area (Å²) >= 11 is 0. The van der Waals surface area contributed by atoms with Crippen molar-refractivity contribution < 1.29 is 32.7 Å². The number of benzene rings is 2. The molecule has 2 aromatic rings. The summed E-state index contributed by atoms with van der Waals surface area (Å²) in [5, 5.41) is 5.48. The highest BCUT2D eigenvalue weighted by Gasteiger charge is 2.40. The van der Waals surface area contributed by atoms with Crippen molar-refractivity contribution in [2.45, 2.75) is 70.8 Å². The van der Waals surface area contributed by atoms with Crippen LogP contribution in [0.15, 0.2) is 48.5 Å². The Hall–Kier alpha value is -4.22. The summed E-state index contributed by atoms with van der Waals surface area (Å²) in [6, 6.07) is 11.5. The van der Waals surface area contributed by atoms with Crippen molar-refractivity contribution in [3.63, 3.8) is 0 Å². The topological polar surface area (TPSA) is 111 Å². The predicted molar refractivity (Wildman–Crippen MR) is 165 cm³/mol. The molecule has 5 amide bonds. The number of carbonyl (C=O) groups excluding carboxylic acids is 4. The van der Waals surface area contributed by atoms with Gasteiger partial charge in [0.15, 0.2) is 0 Å². The second kappa shape index (κ2) is 14.3. The number of amides is 5. The average Bonchev–Trinajstić information content (AvgIpc) is 3.39. The summed E-state index contributed by atoms with van der Waals surface area (Å²) in [5.74, 6) is -1.58. The van der Waals surface area contributed by atoms with Crippen molar-refractivity contribution >= 4 is 23.9 Å². The summed E-state index contributed by atoms with van der Waals surface area (Å²) in [4.78, 5) is 56.0. The van der Waals surface area contributed by atoms with Gasteiger partial charge in [-0.1, -0.05) is 56.3 Å². The Balaban J connectivity index is 1.38. The number of urea groups is 1. The van der Waals surface area contributed by atoms with Crippen LogP contribution in [0.25, 0.3) is 0 Å². The van der Waals surface area contributed by atoms with E-state index in [9.17, 15) is 28.0 Å². The molecule has 2 saturated heterocycles. The van der Waals surface area contributed by atoms with Gasteiger partial charge in [0.25, 0.3) is 0 Å². The number of halogens is 2. The molecule has 0 spiro atoms. The molecule has 0 aliphatic carbocycles. The minimum Gasteiger partial charge on any atom is -0.444 e. The number of ether oxygens (including phenoxy) is 1. The lowest BCUT2D eigenvalue weighted by Gasteiger charge is -2.35. The molecule has 244 valence electrons. The molecule has 2 aliphatic rings. The zero-order chi connectivity index (χ0) is 32.9. The normalized spacial score (nSPS) is 19.3. The first kappa shape index (κ1) is 33.7. The quantitative estimate of drug-likeness (QED) is 0.474. The molecule has 45 heavy (non-hydrogen) atoms. The van der Waals surface area contributed by atoms with Gasteiger partial charge in [-0.2, -0.15) is 0 Å². The lowest BCUT2D eigenvalue weighted by atomic mass is 9.94. The molecule has 10 nitrogen and oxygen atoms in total. The van der Waals surface area contributed by atoms with Gasteiger partial charge in [0.2, 0.25) is 11.8 Å². The zero-order valence-corrected chi connectivity index (χ0v) is 26.5. The van der Waals surface area contributed by atoms with Crippen LogP contribution < -0.4 is 10.6 Å². The monoisotopic (exact) mass is 627 g/mol. The molecule has 0 bridgehead atoms. The summed E-state index contributed by atoms with van der Waals surface area (Å²) in [6.45, 7) is 9.46. The number of nitrogens with one attached hydrogen (secondary N) is 2. The second-order valence-corrected chi connectivity index (χ2v) is 12.8. The van der Waals surface area contributed by atoms with Crippen LogP contribution in [0.5, 0.6) is 0 Å². The fraction of sp³-hybridized carbons (Fsp3) is 0.515. The third-order valence-electron chi connectivity index (χ3n) is 7.88. The van der Waals surface area contributed by atoms with Gasteiger partial charge < -0.3 is 30.1 Å². The average molecular weight is 628 g/mol. The number of nitrogens with zero attached hydrogens (tertiary/aromatic N) is 3. The van der Waals surface area contributed by atoms with Gasteiger partial charge in [-0.3, -0.25) is 9.59 Å². The maximum absolute atomic E-state index is 15.0. The van der Waals surface area contributed by atoms with Crippen LogP contribution in [-0.4, -0.2) is 95.7 Å². The summed E-state index contributed by atoms with van der Waals surface area (Å²) in [5.41, 5.74) is 1.14. The summed E-state index contributed by atoms with van der Waals surface area (Å²) in [7, 11) is 0. The van der Waals surface area contributed by atoms with Gasteiger partial charge in [0.1, 0.15) is 23.6 Å². The molecule has 0 saturated carbocycles. The Morgan fingerprint density at radius 1 is 0.956 bits per heavy atom. The van der Waals surface area contributed by atoms with Crippen LogP contribution in [0, 0.1) is 5.82 Å². The van der Waals surface area contributed by atoms with Crippen molar-refractivity contribution in [3.05, 3.63) is 71.0 Å². The van der Waals surface area contributed by atoms with Gasteiger partial charge >= 0.3 is 12.1 Å². The van der Waals surface area contributed by atoms with Crippen LogP contribution in [0.4, 0.5) is 18.4 Å². The van der Waals surface area contributed by atoms with E-state index in [1.165, 1.54) is 15.9 Å². The van der Waals surface area contributed by atoms with Crippen molar-refractivity contribution in [2.24, 2.45) is 0 Å². The van der Waals surface area contributed by atoms with Gasteiger partial charge in [0.05, 0.1) is 19.1 Å². The van der Waals surface area contributed by atoms with Crippen LogP contribution >= 0.6 is 0 Å². The number of rotatable bonds is 7. The number of piperazine rings is 1. The van der Waals surface area contributed by atoms with Crippen LogP contribution in [-0.2, 0) is 14.3 Å². The summed E-state index contributed by atoms with van der Waals surface area (Å²) < 4.78 is 35.0. The Labute approximate surface area is 263 Å². The maximum atomic E-state index is 15.0. The Kier molecular flexibility index (Phi) is 10.7. The fourth-order valence-electron chi connectivity index (χ4n) is 5.53. The first-order valence-electron chi connectivity index (χ1n) is 15.3. The molecule has 4 rings (SSSR count). The van der Waals surface area contributed by atoms with Crippen molar-refractivity contribution in [3.8, 4) is 0 Å². The van der Waals surface area contributed by atoms with E-state index in [-0.39, 0.29) is 50.9 Å². The van der Waals surface area contributed by atoms with E-state index < -0.39 is 54.3 Å². The molecule has 12 heteroatoms. The fourth-order valence-corrected chi connectivity index (χ4v) is 5.53. The van der Waals surface area contributed by atoms with E-state index in [1.54, 1.807) is 57.2 Å². The molecular weight excluding hydrogens is 584 g/mol. The van der Waals surface area contributed by atoms with Crippen molar-refractivity contribution in [1.82, 2.24) is 25.3 Å². The molecule has 0 unspecified atom stereocenters. The maximum Gasteiger partial charge on any atom is 0.410 e. The van der Waals surface area contributed by atoms with Crippen molar-refractivity contribution in [1.29, 1.82) is 0 Å². The molecular formula is C33H43F2N5O5. The SMILES string of the molecule is CC(C)c1ccc([C@@H](NC(=O)[C@@H]2C[C@@H](F)CN2C(=O)CNC(=O)N2CCN(C(=O)OC(C)(C)C)CC2)c2ccccc2)cc1F. The first-order valence-corrected chi connectivity index (χ1v) is 15.3. The number of alkyl halides is 1.